The van der Waals surface area contributed by atoms with E-state index in [9.17, 15) is 0 Å². The Balaban J connectivity index is 0. The van der Waals surface area contributed by atoms with E-state index < -0.39 is 0 Å². The predicted octanol–water partition coefficient (Wildman–Crippen LogP) is -0.740. The summed E-state index contributed by atoms with van der Waals surface area (Å²) in [7, 11) is 0. The van der Waals surface area contributed by atoms with Gasteiger partial charge in [0.05, 0.1) is 0 Å². The van der Waals surface area contributed by atoms with Crippen LogP contribution in [-0.4, -0.2) is 10.1 Å². The molecule has 0 spiro atoms. The monoisotopic (exact) mass is 105 g/mol. The average molecular weight is 105 g/mol. The molecule has 5 heavy (non-hydrogen) atoms. The number of hydrogen-bond donors (Lipinski definition) is 0. The minimum Gasteiger partial charge on any atom is -2.00 e. The van der Waals surface area contributed by atoms with Gasteiger partial charge in [-0.15, -0.1) is 0 Å². The maximum absolute atomic E-state index is 0. The van der Waals surface area contributed by atoms with Gasteiger partial charge in [-0.25, -0.2) is 0 Å². The Labute approximate surface area is 48.8 Å². The van der Waals surface area contributed by atoms with E-state index in [2.05, 4.69) is 0 Å². The Hall–Kier alpha value is 0.763. The minimum absolute atomic E-state index is 0. The summed E-state index contributed by atoms with van der Waals surface area (Å²) in [6.45, 7) is 0. The van der Waals surface area contributed by atoms with Crippen molar-refractivity contribution in [2.75, 3.05) is 0 Å². The molecule has 0 aromatic rings. The zero-order valence-electron chi connectivity index (χ0n) is 2.43. The van der Waals surface area contributed by atoms with Crippen molar-refractivity contribution in [3.8, 4) is 0 Å². The van der Waals surface area contributed by atoms with Crippen LogP contribution in [0.15, 0.2) is 0 Å². The zero-order chi connectivity index (χ0) is 0. The second kappa shape index (κ2) is 116. The summed E-state index contributed by atoms with van der Waals surface area (Å²) in [5, 5.41) is 0. The Bertz CT molecular complexity index is 6.85. The number of rotatable bonds is 0. The molecule has 24 valence electrons. The van der Waals surface area contributed by atoms with Crippen LogP contribution in [0.5, 0.6) is 0 Å². The van der Waals surface area contributed by atoms with Crippen molar-refractivity contribution in [2.24, 2.45) is 0 Å². The topological polar surface area (TPSA) is 85.5 Å². The first-order valence-electron chi connectivity index (χ1n) is 0. The van der Waals surface area contributed by atoms with Gasteiger partial charge in [-0.3, -0.25) is 0 Å². The van der Waals surface area contributed by atoms with Crippen LogP contribution in [0.1, 0.15) is 0 Å². The quantitative estimate of drug-likeness (QED) is 0.363. The van der Waals surface area contributed by atoms with Gasteiger partial charge in [0.15, 0.2) is 0 Å². The van der Waals surface area contributed by atoms with E-state index in [1.165, 1.54) is 0 Å². The van der Waals surface area contributed by atoms with Crippen molar-refractivity contribution in [2.45, 2.75) is 0 Å². The molecule has 0 amide bonds. The molecule has 0 aliphatic carbocycles. The molecule has 0 aliphatic rings. The molecular weight excluding hydrogens is 105 g/mol. The molecule has 0 aromatic carbocycles. The van der Waals surface area contributed by atoms with Crippen LogP contribution in [0.25, 0.3) is 0 Å². The fourth-order valence-corrected chi connectivity index (χ4v) is 0. The first-order valence-corrected chi connectivity index (χ1v) is 0. The maximum Gasteiger partial charge on any atom is 4.00 e. The fraction of sp³-hybridized carbons (Fsp3) is 0. The second-order valence-electron chi connectivity index (χ2n) is 0. The molecule has 0 aromatic heterocycles. The molecule has 0 rings (SSSR count). The molecule has 0 unspecified atom stereocenters. The summed E-state index contributed by atoms with van der Waals surface area (Å²) < 4.78 is 0. The van der Waals surface area contributed by atoms with E-state index >= 15 is 0 Å². The van der Waals surface area contributed by atoms with E-state index in [4.69, 9.17) is 0 Å². The molecule has 0 radical (unpaired) electrons. The molecular formula is BeO3Ti. The first kappa shape index (κ1) is 225. The van der Waals surface area contributed by atoms with Crippen molar-refractivity contribution >= 4 is 10.1 Å². The van der Waals surface area contributed by atoms with Gasteiger partial charge in [0, 0.05) is 0 Å². The maximum atomic E-state index is 0. The van der Waals surface area contributed by atoms with Gasteiger partial charge in [-0.2, -0.15) is 0 Å². The van der Waals surface area contributed by atoms with E-state index in [0.29, 0.717) is 0 Å². The molecule has 0 saturated carbocycles. The van der Waals surface area contributed by atoms with Crippen LogP contribution in [0.2, 0.25) is 0 Å². The van der Waals surface area contributed by atoms with Crippen LogP contribution in [-0.2, 0) is 38.1 Å². The minimum atomic E-state index is 0. The van der Waals surface area contributed by atoms with E-state index in [-0.39, 0.29) is 48.3 Å². The summed E-state index contributed by atoms with van der Waals surface area (Å²) in [6, 6.07) is 0. The summed E-state index contributed by atoms with van der Waals surface area (Å²) in [4.78, 5) is 0. The molecule has 0 aliphatic heterocycles. The standard InChI is InChI=1S/Be.3O.Ti/q+2;3*-2;+4. The van der Waals surface area contributed by atoms with Crippen LogP contribution in [0, 0.1) is 0 Å². The van der Waals surface area contributed by atoms with Crippen LogP contribution < -0.4 is 0 Å². The predicted molar refractivity (Wildman–Crippen MR) is 7.81 cm³/mol. The van der Waals surface area contributed by atoms with Gasteiger partial charge in [-0.05, 0) is 0 Å². The molecule has 5 heteroatoms. The van der Waals surface area contributed by atoms with Gasteiger partial charge in [0.2, 0.25) is 0 Å². The van der Waals surface area contributed by atoms with Gasteiger partial charge in [0.1, 0.15) is 0 Å². The summed E-state index contributed by atoms with van der Waals surface area (Å²) in [6.07, 6.45) is 0. The SMILES string of the molecule is [Be+2].[O-2].[O-2].[O-2].[Ti+4]. The Morgan fingerprint density at radius 3 is 0.600 bits per heavy atom. The van der Waals surface area contributed by atoms with Gasteiger partial charge in [0.25, 0.3) is 0 Å². The van der Waals surface area contributed by atoms with Gasteiger partial charge in [-0.1, -0.05) is 0 Å². The van der Waals surface area contributed by atoms with Crippen molar-refractivity contribution in [1.29, 1.82) is 0 Å². The van der Waals surface area contributed by atoms with Crippen LogP contribution in [0.3, 0.4) is 0 Å². The van der Waals surface area contributed by atoms with Crippen molar-refractivity contribution in [3.05, 3.63) is 0 Å². The molecule has 0 fully saturated rings. The zero-order valence-corrected chi connectivity index (χ0v) is 3.99. The number of hydrogen-bond acceptors (Lipinski definition) is 0. The molecule has 0 heterocycles. The van der Waals surface area contributed by atoms with E-state index in [0.717, 1.165) is 0 Å². The molecule has 0 atom stereocenters. The third-order valence-electron chi connectivity index (χ3n) is 0. The first-order chi connectivity index (χ1) is 0. The smallest absolute Gasteiger partial charge is 2.00 e. The van der Waals surface area contributed by atoms with Gasteiger partial charge >= 0.3 is 31.8 Å². The average Bonchev–Trinajstić information content (AvgIpc) is 0. The normalized spacial score (nSPS) is 0. The van der Waals surface area contributed by atoms with Gasteiger partial charge < -0.3 is 16.4 Å². The van der Waals surface area contributed by atoms with Crippen LogP contribution >= 0.6 is 0 Å². The van der Waals surface area contributed by atoms with E-state index in [1.807, 2.05) is 0 Å². The van der Waals surface area contributed by atoms with Crippen molar-refractivity contribution < 1.29 is 38.1 Å². The Morgan fingerprint density at radius 2 is 0.600 bits per heavy atom. The van der Waals surface area contributed by atoms with Crippen molar-refractivity contribution in [1.82, 2.24) is 0 Å². The molecule has 3 nitrogen and oxygen atoms in total. The Kier molecular flexibility index (Phi) is 5200. The third-order valence-corrected chi connectivity index (χ3v) is 0. The summed E-state index contributed by atoms with van der Waals surface area (Å²) in [5.74, 6) is 0. The summed E-state index contributed by atoms with van der Waals surface area (Å²) in [5.41, 5.74) is 0. The third kappa shape index (κ3) is 62.4. The molecule has 0 bridgehead atoms. The largest absolute Gasteiger partial charge is 4.00 e. The fourth-order valence-electron chi connectivity index (χ4n) is 0. The summed E-state index contributed by atoms with van der Waals surface area (Å²) >= 11 is 0. The molecule has 0 saturated heterocycles. The van der Waals surface area contributed by atoms with Crippen molar-refractivity contribution in [3.63, 3.8) is 0 Å². The second-order valence-corrected chi connectivity index (χ2v) is 0. The van der Waals surface area contributed by atoms with Crippen LogP contribution in [0.4, 0.5) is 0 Å². The molecule has 0 N–H and O–H groups in total. The van der Waals surface area contributed by atoms with E-state index in [1.54, 1.807) is 0 Å². The Morgan fingerprint density at radius 1 is 0.600 bits per heavy atom.